The number of hydrogen-bond donors (Lipinski definition) is 0. The van der Waals surface area contributed by atoms with E-state index in [1.54, 1.807) is 30.3 Å². The van der Waals surface area contributed by atoms with Crippen LogP contribution in [-0.4, -0.2) is 30.9 Å². The van der Waals surface area contributed by atoms with Crippen LogP contribution in [0.25, 0.3) is 6.08 Å². The van der Waals surface area contributed by atoms with Crippen molar-refractivity contribution in [2.75, 3.05) is 7.11 Å². The summed E-state index contributed by atoms with van der Waals surface area (Å²) in [6.07, 6.45) is 1.44. The first-order valence-corrected chi connectivity index (χ1v) is 11.2. The molecule has 0 aliphatic carbocycles. The largest absolute Gasteiger partial charge is 0.493 e. The average molecular weight is 526 g/mol. The van der Waals surface area contributed by atoms with Gasteiger partial charge in [-0.3, -0.25) is 4.79 Å². The molecular formula is C26H17Cl2NO7. The fourth-order valence-electron chi connectivity index (χ4n) is 3.22. The second kappa shape index (κ2) is 10.6. The predicted molar refractivity (Wildman–Crippen MR) is 133 cm³/mol. The lowest BCUT2D eigenvalue weighted by Crippen LogP contribution is -2.10. The molecule has 0 fully saturated rings. The van der Waals surface area contributed by atoms with Crippen molar-refractivity contribution in [3.8, 4) is 17.2 Å². The molecule has 1 aliphatic heterocycles. The number of ether oxygens (including phenoxy) is 4. The minimum Gasteiger partial charge on any atom is -0.493 e. The third kappa shape index (κ3) is 5.56. The highest BCUT2D eigenvalue weighted by molar-refractivity contribution is 6.36. The minimum absolute atomic E-state index is 0.0129. The maximum atomic E-state index is 12.7. The molecule has 0 unspecified atom stereocenters. The molecule has 4 rings (SSSR count). The molecule has 0 bridgehead atoms. The topological polar surface area (TPSA) is 100 Å². The van der Waals surface area contributed by atoms with Crippen LogP contribution in [0.4, 0.5) is 0 Å². The standard InChI is InChI=1S/C26H17Cl2NO7/c1-14(30)34-22-10-7-16(12-23(22)33-2)24-29-20(26(32)36-24)11-15-5-3-4-6-21(15)35-25(31)18-9-8-17(27)13-19(18)28/h3-13H,1-2H3/b20-11-. The molecule has 182 valence electrons. The van der Waals surface area contributed by atoms with E-state index in [-0.39, 0.29) is 39.4 Å². The van der Waals surface area contributed by atoms with Crippen LogP contribution < -0.4 is 14.2 Å². The van der Waals surface area contributed by atoms with Gasteiger partial charge in [-0.25, -0.2) is 14.6 Å². The van der Waals surface area contributed by atoms with E-state index in [1.807, 2.05) is 0 Å². The van der Waals surface area contributed by atoms with E-state index in [0.717, 1.165) is 0 Å². The van der Waals surface area contributed by atoms with Crippen molar-refractivity contribution in [3.63, 3.8) is 0 Å². The van der Waals surface area contributed by atoms with Gasteiger partial charge in [0, 0.05) is 23.1 Å². The molecule has 0 radical (unpaired) electrons. The summed E-state index contributed by atoms with van der Waals surface area (Å²) < 4.78 is 21.2. The number of esters is 3. The Balaban J connectivity index is 1.62. The van der Waals surface area contributed by atoms with Crippen molar-refractivity contribution < 1.29 is 33.3 Å². The van der Waals surface area contributed by atoms with E-state index in [0.29, 0.717) is 16.1 Å². The van der Waals surface area contributed by atoms with Crippen LogP contribution in [0.3, 0.4) is 0 Å². The zero-order chi connectivity index (χ0) is 25.8. The van der Waals surface area contributed by atoms with Crippen molar-refractivity contribution in [1.82, 2.24) is 0 Å². The van der Waals surface area contributed by atoms with Crippen LogP contribution in [0.2, 0.25) is 10.0 Å². The second-order valence-electron chi connectivity index (χ2n) is 7.35. The smallest absolute Gasteiger partial charge is 0.363 e. The van der Waals surface area contributed by atoms with Gasteiger partial charge in [-0.2, -0.15) is 0 Å². The van der Waals surface area contributed by atoms with Crippen molar-refractivity contribution >= 4 is 53.1 Å². The van der Waals surface area contributed by atoms with Gasteiger partial charge < -0.3 is 18.9 Å². The lowest BCUT2D eigenvalue weighted by molar-refractivity contribution is -0.132. The lowest BCUT2D eigenvalue weighted by Gasteiger charge is -2.09. The third-order valence-electron chi connectivity index (χ3n) is 4.85. The maximum Gasteiger partial charge on any atom is 0.363 e. The molecule has 0 atom stereocenters. The summed E-state index contributed by atoms with van der Waals surface area (Å²) >= 11 is 12.0. The summed E-state index contributed by atoms with van der Waals surface area (Å²) in [6.45, 7) is 1.27. The number of cyclic esters (lactones) is 1. The number of para-hydroxylation sites is 1. The molecule has 3 aromatic rings. The van der Waals surface area contributed by atoms with E-state index in [1.165, 1.54) is 50.4 Å². The fourth-order valence-corrected chi connectivity index (χ4v) is 3.71. The number of methoxy groups -OCH3 is 1. The van der Waals surface area contributed by atoms with Crippen LogP contribution in [0.15, 0.2) is 71.4 Å². The third-order valence-corrected chi connectivity index (χ3v) is 5.40. The van der Waals surface area contributed by atoms with Crippen LogP contribution in [0.5, 0.6) is 17.2 Å². The van der Waals surface area contributed by atoms with Gasteiger partial charge in [0.05, 0.1) is 17.7 Å². The summed E-state index contributed by atoms with van der Waals surface area (Å²) in [4.78, 5) is 40.7. The van der Waals surface area contributed by atoms with E-state index in [4.69, 9.17) is 42.1 Å². The van der Waals surface area contributed by atoms with Gasteiger partial charge in [-0.15, -0.1) is 0 Å². The molecule has 1 heterocycles. The van der Waals surface area contributed by atoms with Gasteiger partial charge in [0.15, 0.2) is 17.2 Å². The highest BCUT2D eigenvalue weighted by Gasteiger charge is 2.26. The lowest BCUT2D eigenvalue weighted by atomic mass is 10.1. The quantitative estimate of drug-likeness (QED) is 0.238. The van der Waals surface area contributed by atoms with Gasteiger partial charge in [-0.1, -0.05) is 41.4 Å². The first-order valence-electron chi connectivity index (χ1n) is 10.4. The van der Waals surface area contributed by atoms with Crippen LogP contribution in [0.1, 0.15) is 28.4 Å². The summed E-state index contributed by atoms with van der Waals surface area (Å²) in [5.41, 5.74) is 0.962. The summed E-state index contributed by atoms with van der Waals surface area (Å²) in [7, 11) is 1.41. The number of aliphatic imine (C=N–C) groups is 1. The minimum atomic E-state index is -0.699. The molecule has 0 saturated heterocycles. The average Bonchev–Trinajstić information content (AvgIpc) is 3.20. The van der Waals surface area contributed by atoms with Gasteiger partial charge in [0.2, 0.25) is 5.90 Å². The normalized spacial score (nSPS) is 13.7. The molecule has 0 N–H and O–H groups in total. The number of benzene rings is 3. The number of nitrogens with zero attached hydrogens (tertiary/aromatic N) is 1. The van der Waals surface area contributed by atoms with Crippen molar-refractivity contribution in [2.24, 2.45) is 4.99 Å². The summed E-state index contributed by atoms with van der Waals surface area (Å²) in [5, 5.41) is 0.529. The Morgan fingerprint density at radius 1 is 0.944 bits per heavy atom. The van der Waals surface area contributed by atoms with Gasteiger partial charge >= 0.3 is 17.9 Å². The Morgan fingerprint density at radius 3 is 2.44 bits per heavy atom. The van der Waals surface area contributed by atoms with Crippen LogP contribution in [0, 0.1) is 0 Å². The van der Waals surface area contributed by atoms with Crippen molar-refractivity contribution in [3.05, 3.63) is 93.1 Å². The van der Waals surface area contributed by atoms with Gasteiger partial charge in [0.1, 0.15) is 5.75 Å². The SMILES string of the molecule is COc1cc(C2=N/C(=C\c3ccccc3OC(=O)c3ccc(Cl)cc3Cl)C(=O)O2)ccc1OC(C)=O. The zero-order valence-corrected chi connectivity index (χ0v) is 20.4. The number of carbonyl (C=O) groups is 3. The van der Waals surface area contributed by atoms with Crippen LogP contribution >= 0.6 is 23.2 Å². The number of carbonyl (C=O) groups excluding carboxylic acids is 3. The molecule has 10 heteroatoms. The molecule has 0 amide bonds. The van der Waals surface area contributed by atoms with Crippen molar-refractivity contribution in [1.29, 1.82) is 0 Å². The first kappa shape index (κ1) is 25.0. The van der Waals surface area contributed by atoms with E-state index in [2.05, 4.69) is 4.99 Å². The Morgan fingerprint density at radius 2 is 1.72 bits per heavy atom. The maximum absolute atomic E-state index is 12.7. The van der Waals surface area contributed by atoms with Gasteiger partial charge in [0.25, 0.3) is 0 Å². The van der Waals surface area contributed by atoms with E-state index < -0.39 is 17.9 Å². The predicted octanol–water partition coefficient (Wildman–Crippen LogP) is 5.49. The Kier molecular flexibility index (Phi) is 7.38. The molecule has 3 aromatic carbocycles. The Bertz CT molecular complexity index is 1450. The molecule has 0 saturated carbocycles. The van der Waals surface area contributed by atoms with Crippen molar-refractivity contribution in [2.45, 2.75) is 6.92 Å². The molecule has 8 nitrogen and oxygen atoms in total. The molecule has 0 aromatic heterocycles. The van der Waals surface area contributed by atoms with E-state index >= 15 is 0 Å². The molecule has 36 heavy (non-hydrogen) atoms. The molecular weight excluding hydrogens is 509 g/mol. The van der Waals surface area contributed by atoms with Gasteiger partial charge in [-0.05, 0) is 48.5 Å². The Labute approximate surface area is 215 Å². The molecule has 0 spiro atoms. The monoisotopic (exact) mass is 525 g/mol. The number of rotatable bonds is 6. The second-order valence-corrected chi connectivity index (χ2v) is 8.19. The Hall–Kier alpha value is -4.14. The van der Waals surface area contributed by atoms with Crippen LogP contribution in [-0.2, 0) is 14.3 Å². The highest BCUT2D eigenvalue weighted by atomic mass is 35.5. The highest BCUT2D eigenvalue weighted by Crippen LogP contribution is 2.31. The zero-order valence-electron chi connectivity index (χ0n) is 18.9. The fraction of sp³-hybridized carbons (Fsp3) is 0.0769. The molecule has 1 aliphatic rings. The first-order chi connectivity index (χ1) is 17.2. The number of halogens is 2. The number of hydrogen-bond acceptors (Lipinski definition) is 8. The summed E-state index contributed by atoms with van der Waals surface area (Å²) in [5.74, 6) is -1.21. The van der Waals surface area contributed by atoms with E-state index in [9.17, 15) is 14.4 Å². The summed E-state index contributed by atoms with van der Waals surface area (Å²) in [6, 6.07) is 15.6.